The quantitative estimate of drug-likeness (QED) is 0.768. The minimum Gasteiger partial charge on any atom is -0.455 e. The van der Waals surface area contributed by atoms with E-state index in [9.17, 15) is 14.4 Å². The summed E-state index contributed by atoms with van der Waals surface area (Å²) in [4.78, 5) is 39.1. The molecule has 1 aromatic rings. The molecule has 6 nitrogen and oxygen atoms in total. The molecule has 1 aromatic carbocycles. The van der Waals surface area contributed by atoms with Gasteiger partial charge in [-0.3, -0.25) is 14.4 Å². The number of benzene rings is 1. The summed E-state index contributed by atoms with van der Waals surface area (Å²) in [6.07, 6.45) is 3.49. The zero-order valence-electron chi connectivity index (χ0n) is 17.9. The Balaban J connectivity index is 1.51. The number of anilines is 1. The van der Waals surface area contributed by atoms with Crippen LogP contribution in [-0.4, -0.2) is 41.9 Å². The molecule has 0 unspecified atom stereocenters. The molecular weight excluding hydrogens is 368 g/mol. The Morgan fingerprint density at radius 3 is 2.72 bits per heavy atom. The third-order valence-electron chi connectivity index (χ3n) is 6.78. The Bertz CT molecular complexity index is 791. The van der Waals surface area contributed by atoms with Gasteiger partial charge in [0.05, 0.1) is 5.92 Å². The molecule has 6 heteroatoms. The van der Waals surface area contributed by atoms with Gasteiger partial charge in [0.2, 0.25) is 5.91 Å². The standard InChI is InChI=1S/C23H32N2O4/c1-14-7-5-9-19(16(14)3)24-21(26)13-29-23(28)18-11-22(27)25(12-18)20-10-6-8-15(2)17(20)4/h5,7,9,15,17-18,20H,6,8,10-13H2,1-4H3,(H,24,26)/t15-,17-,18+,20-/m0/s1. The summed E-state index contributed by atoms with van der Waals surface area (Å²) in [5.74, 6) is -0.276. The molecule has 1 N–H and O–H groups in total. The van der Waals surface area contributed by atoms with E-state index >= 15 is 0 Å². The maximum atomic E-state index is 12.5. The third kappa shape index (κ3) is 4.80. The van der Waals surface area contributed by atoms with E-state index in [0.717, 1.165) is 24.0 Å². The Morgan fingerprint density at radius 2 is 1.97 bits per heavy atom. The van der Waals surface area contributed by atoms with Crippen LogP contribution in [0.2, 0.25) is 0 Å². The van der Waals surface area contributed by atoms with Crippen LogP contribution in [0.15, 0.2) is 18.2 Å². The first-order valence-corrected chi connectivity index (χ1v) is 10.6. The fourth-order valence-corrected chi connectivity index (χ4v) is 4.53. The maximum Gasteiger partial charge on any atom is 0.311 e. The summed E-state index contributed by atoms with van der Waals surface area (Å²) in [7, 11) is 0. The summed E-state index contributed by atoms with van der Waals surface area (Å²) < 4.78 is 5.23. The van der Waals surface area contributed by atoms with Crippen molar-refractivity contribution in [3.8, 4) is 0 Å². The molecule has 2 aliphatic rings. The van der Waals surface area contributed by atoms with Crippen LogP contribution in [-0.2, 0) is 19.1 Å². The van der Waals surface area contributed by atoms with Crippen molar-refractivity contribution in [1.82, 2.24) is 4.90 Å². The smallest absolute Gasteiger partial charge is 0.311 e. The average Bonchev–Trinajstić information content (AvgIpc) is 3.07. The molecule has 0 aromatic heterocycles. The van der Waals surface area contributed by atoms with Crippen molar-refractivity contribution in [1.29, 1.82) is 0 Å². The number of aryl methyl sites for hydroxylation is 1. The first-order valence-electron chi connectivity index (χ1n) is 10.6. The number of rotatable bonds is 5. The number of hydrogen-bond donors (Lipinski definition) is 1. The van der Waals surface area contributed by atoms with Gasteiger partial charge in [-0.05, 0) is 49.3 Å². The summed E-state index contributed by atoms with van der Waals surface area (Å²) in [5, 5.41) is 2.78. The van der Waals surface area contributed by atoms with Crippen LogP contribution >= 0.6 is 0 Å². The van der Waals surface area contributed by atoms with E-state index < -0.39 is 11.9 Å². The molecule has 0 bridgehead atoms. The van der Waals surface area contributed by atoms with Gasteiger partial charge in [-0.2, -0.15) is 0 Å². The lowest BCUT2D eigenvalue weighted by Crippen LogP contribution is -2.45. The molecule has 29 heavy (non-hydrogen) atoms. The van der Waals surface area contributed by atoms with Crippen molar-refractivity contribution in [3.05, 3.63) is 29.3 Å². The largest absolute Gasteiger partial charge is 0.455 e. The minimum absolute atomic E-state index is 0.0257. The van der Waals surface area contributed by atoms with Crippen molar-refractivity contribution >= 4 is 23.5 Å². The number of amides is 2. The summed E-state index contributed by atoms with van der Waals surface area (Å²) >= 11 is 0. The lowest BCUT2D eigenvalue weighted by atomic mass is 9.77. The highest BCUT2D eigenvalue weighted by Gasteiger charge is 2.42. The van der Waals surface area contributed by atoms with Crippen molar-refractivity contribution < 1.29 is 19.1 Å². The Kier molecular flexibility index (Phi) is 6.60. The molecule has 2 amide bonds. The lowest BCUT2D eigenvalue weighted by Gasteiger charge is -2.39. The van der Waals surface area contributed by atoms with Gasteiger partial charge in [-0.15, -0.1) is 0 Å². The van der Waals surface area contributed by atoms with Gasteiger partial charge in [0, 0.05) is 24.7 Å². The first kappa shape index (κ1) is 21.3. The molecule has 1 aliphatic heterocycles. The van der Waals surface area contributed by atoms with Gasteiger partial charge in [0.15, 0.2) is 6.61 Å². The highest BCUT2D eigenvalue weighted by atomic mass is 16.5. The number of carbonyl (C=O) groups is 3. The van der Waals surface area contributed by atoms with Crippen LogP contribution in [0.25, 0.3) is 0 Å². The monoisotopic (exact) mass is 400 g/mol. The number of likely N-dealkylation sites (tertiary alicyclic amines) is 1. The van der Waals surface area contributed by atoms with E-state index in [1.165, 1.54) is 6.42 Å². The summed E-state index contributed by atoms with van der Waals surface area (Å²) in [5.41, 5.74) is 2.78. The third-order valence-corrected chi connectivity index (χ3v) is 6.78. The van der Waals surface area contributed by atoms with Gasteiger partial charge in [-0.1, -0.05) is 38.8 Å². The molecule has 2 fully saturated rings. The van der Waals surface area contributed by atoms with E-state index in [0.29, 0.717) is 24.1 Å². The Morgan fingerprint density at radius 1 is 1.21 bits per heavy atom. The van der Waals surface area contributed by atoms with Crippen molar-refractivity contribution in [3.63, 3.8) is 0 Å². The number of nitrogens with zero attached hydrogens (tertiary/aromatic N) is 1. The lowest BCUT2D eigenvalue weighted by molar-refractivity contribution is -0.151. The van der Waals surface area contributed by atoms with E-state index in [-0.39, 0.29) is 30.9 Å². The number of nitrogens with one attached hydrogen (secondary N) is 1. The second kappa shape index (κ2) is 8.97. The van der Waals surface area contributed by atoms with Crippen molar-refractivity contribution in [2.45, 2.75) is 59.4 Å². The average molecular weight is 401 g/mol. The molecule has 0 radical (unpaired) electrons. The van der Waals surface area contributed by atoms with E-state index in [1.54, 1.807) is 0 Å². The zero-order valence-corrected chi connectivity index (χ0v) is 17.9. The number of hydrogen-bond acceptors (Lipinski definition) is 4. The molecule has 4 atom stereocenters. The van der Waals surface area contributed by atoms with Gasteiger partial charge in [0.25, 0.3) is 5.91 Å². The van der Waals surface area contributed by atoms with Crippen LogP contribution < -0.4 is 5.32 Å². The number of ether oxygens (including phenoxy) is 1. The van der Waals surface area contributed by atoms with Gasteiger partial charge >= 0.3 is 5.97 Å². The first-order chi connectivity index (χ1) is 13.8. The normalized spacial score (nSPS) is 27.0. The Hall–Kier alpha value is -2.37. The van der Waals surface area contributed by atoms with Crippen molar-refractivity contribution in [2.75, 3.05) is 18.5 Å². The molecular formula is C23H32N2O4. The number of esters is 1. The van der Waals surface area contributed by atoms with Crippen molar-refractivity contribution in [2.24, 2.45) is 17.8 Å². The molecule has 1 aliphatic carbocycles. The summed E-state index contributed by atoms with van der Waals surface area (Å²) in [6, 6.07) is 5.87. The highest BCUT2D eigenvalue weighted by Crippen LogP contribution is 2.35. The van der Waals surface area contributed by atoms with Gasteiger partial charge in [0.1, 0.15) is 0 Å². The Labute approximate surface area is 173 Å². The summed E-state index contributed by atoms with van der Waals surface area (Å²) in [6.45, 7) is 8.40. The predicted octanol–water partition coefficient (Wildman–Crippen LogP) is 3.46. The van der Waals surface area contributed by atoms with Crippen LogP contribution in [0.4, 0.5) is 5.69 Å². The fraction of sp³-hybridized carbons (Fsp3) is 0.609. The molecule has 1 saturated heterocycles. The minimum atomic E-state index is -0.486. The van der Waals surface area contributed by atoms with Gasteiger partial charge < -0.3 is 15.0 Å². The number of carbonyl (C=O) groups excluding carboxylic acids is 3. The molecule has 1 heterocycles. The fourth-order valence-electron chi connectivity index (χ4n) is 4.53. The maximum absolute atomic E-state index is 12.5. The highest BCUT2D eigenvalue weighted by molar-refractivity contribution is 5.94. The van der Waals surface area contributed by atoms with E-state index in [1.807, 2.05) is 36.9 Å². The molecule has 0 spiro atoms. The van der Waals surface area contributed by atoms with Crippen LogP contribution in [0, 0.1) is 31.6 Å². The van der Waals surface area contributed by atoms with Gasteiger partial charge in [-0.25, -0.2) is 0 Å². The molecule has 3 rings (SSSR count). The molecule has 158 valence electrons. The van der Waals surface area contributed by atoms with E-state index in [4.69, 9.17) is 4.74 Å². The predicted molar refractivity (Wildman–Crippen MR) is 111 cm³/mol. The SMILES string of the molecule is Cc1cccc(NC(=O)COC(=O)[C@@H]2CC(=O)N([C@H]3CCC[C@H](C)[C@@H]3C)C2)c1C. The topological polar surface area (TPSA) is 75.7 Å². The van der Waals surface area contributed by atoms with Crippen LogP contribution in [0.1, 0.15) is 50.7 Å². The van der Waals surface area contributed by atoms with E-state index in [2.05, 4.69) is 19.2 Å². The van der Waals surface area contributed by atoms with Crippen LogP contribution in [0.3, 0.4) is 0 Å². The zero-order chi connectivity index (χ0) is 21.1. The second-order valence-corrected chi connectivity index (χ2v) is 8.69. The molecule has 1 saturated carbocycles. The van der Waals surface area contributed by atoms with Crippen LogP contribution in [0.5, 0.6) is 0 Å². The second-order valence-electron chi connectivity index (χ2n) is 8.69.